The van der Waals surface area contributed by atoms with Crippen molar-refractivity contribution in [3.8, 4) is 0 Å². The number of anilines is 1. The van der Waals surface area contributed by atoms with Crippen LogP contribution in [-0.2, 0) is 0 Å². The Morgan fingerprint density at radius 2 is 2.29 bits per heavy atom. The molecule has 1 rings (SSSR count). The second-order valence-electron chi connectivity index (χ2n) is 2.63. The number of halogens is 1. The van der Waals surface area contributed by atoms with E-state index in [4.69, 9.17) is 5.73 Å². The fourth-order valence-electron chi connectivity index (χ4n) is 1.01. The number of benzene rings is 1. The van der Waals surface area contributed by atoms with Crippen LogP contribution < -0.4 is 11.1 Å². The summed E-state index contributed by atoms with van der Waals surface area (Å²) in [6.45, 7) is 0.765. The molecule has 0 aliphatic rings. The van der Waals surface area contributed by atoms with Gasteiger partial charge in [0, 0.05) is 13.1 Å². The van der Waals surface area contributed by atoms with Gasteiger partial charge in [-0.15, -0.1) is 0 Å². The van der Waals surface area contributed by atoms with Crippen LogP contribution in [0.5, 0.6) is 0 Å². The predicted octanol–water partition coefficient (Wildman–Crippen LogP) is 1.10. The van der Waals surface area contributed by atoms with Crippen LogP contribution in [0.3, 0.4) is 0 Å². The number of rotatable bonds is 4. The molecule has 0 aliphatic carbocycles. The van der Waals surface area contributed by atoms with E-state index in [1.165, 1.54) is 6.07 Å². The van der Waals surface area contributed by atoms with Gasteiger partial charge in [-0.3, -0.25) is 10.1 Å². The number of nitro benzene ring substituents is 1. The van der Waals surface area contributed by atoms with Crippen LogP contribution >= 0.6 is 0 Å². The van der Waals surface area contributed by atoms with Gasteiger partial charge in [0.15, 0.2) is 0 Å². The van der Waals surface area contributed by atoms with Gasteiger partial charge in [0.05, 0.1) is 11.0 Å². The molecule has 0 fully saturated rings. The maximum atomic E-state index is 12.7. The van der Waals surface area contributed by atoms with E-state index < -0.39 is 10.7 Å². The molecule has 0 radical (unpaired) electrons. The third-order valence-corrected chi connectivity index (χ3v) is 1.62. The number of hydrogen-bond acceptors (Lipinski definition) is 4. The lowest BCUT2D eigenvalue weighted by atomic mass is 10.2. The minimum Gasteiger partial charge on any atom is -0.378 e. The standard InChI is InChI=1S/C8H10FN3O2/c9-6-1-2-7(11-4-3-10)8(5-6)12(13)14/h1-2,5,11H,3-4,10H2. The first-order chi connectivity index (χ1) is 6.65. The first kappa shape index (κ1) is 10.4. The summed E-state index contributed by atoms with van der Waals surface area (Å²) in [5.74, 6) is -0.630. The quantitative estimate of drug-likeness (QED) is 0.562. The molecule has 5 nitrogen and oxygen atoms in total. The van der Waals surface area contributed by atoms with Gasteiger partial charge in [-0.25, -0.2) is 4.39 Å². The Morgan fingerprint density at radius 3 is 2.86 bits per heavy atom. The van der Waals surface area contributed by atoms with E-state index in [1.54, 1.807) is 0 Å². The number of nitro groups is 1. The first-order valence-electron chi connectivity index (χ1n) is 4.03. The number of hydrogen-bond donors (Lipinski definition) is 2. The molecule has 0 heterocycles. The molecule has 14 heavy (non-hydrogen) atoms. The van der Waals surface area contributed by atoms with Crippen molar-refractivity contribution in [2.75, 3.05) is 18.4 Å². The zero-order valence-corrected chi connectivity index (χ0v) is 7.37. The van der Waals surface area contributed by atoms with Crippen LogP contribution in [0.25, 0.3) is 0 Å². The van der Waals surface area contributed by atoms with Crippen molar-refractivity contribution < 1.29 is 9.31 Å². The van der Waals surface area contributed by atoms with Crippen molar-refractivity contribution in [3.05, 3.63) is 34.1 Å². The molecular weight excluding hydrogens is 189 g/mol. The first-order valence-corrected chi connectivity index (χ1v) is 4.03. The van der Waals surface area contributed by atoms with E-state index in [0.29, 0.717) is 13.1 Å². The summed E-state index contributed by atoms with van der Waals surface area (Å²) in [5, 5.41) is 13.2. The zero-order chi connectivity index (χ0) is 10.6. The molecule has 0 aromatic heterocycles. The van der Waals surface area contributed by atoms with Crippen molar-refractivity contribution >= 4 is 11.4 Å². The van der Waals surface area contributed by atoms with Crippen molar-refractivity contribution in [2.24, 2.45) is 5.73 Å². The molecule has 76 valence electrons. The zero-order valence-electron chi connectivity index (χ0n) is 7.37. The van der Waals surface area contributed by atoms with E-state index in [2.05, 4.69) is 5.32 Å². The van der Waals surface area contributed by atoms with Crippen LogP contribution in [-0.4, -0.2) is 18.0 Å². The third kappa shape index (κ3) is 2.40. The average Bonchev–Trinajstić information content (AvgIpc) is 2.15. The molecular formula is C8H10FN3O2. The third-order valence-electron chi connectivity index (χ3n) is 1.62. The molecule has 0 bridgehead atoms. The highest BCUT2D eigenvalue weighted by Gasteiger charge is 2.13. The van der Waals surface area contributed by atoms with Crippen molar-refractivity contribution in [2.45, 2.75) is 0 Å². The summed E-state index contributed by atoms with van der Waals surface area (Å²) in [5.41, 5.74) is 5.23. The summed E-state index contributed by atoms with van der Waals surface area (Å²) in [7, 11) is 0. The maximum absolute atomic E-state index is 12.7. The lowest BCUT2D eigenvalue weighted by molar-refractivity contribution is -0.384. The molecule has 3 N–H and O–H groups in total. The van der Waals surface area contributed by atoms with Gasteiger partial charge >= 0.3 is 0 Å². The highest BCUT2D eigenvalue weighted by atomic mass is 19.1. The summed E-state index contributed by atoms with van der Waals surface area (Å²) in [4.78, 5) is 9.87. The van der Waals surface area contributed by atoms with Crippen LogP contribution in [0, 0.1) is 15.9 Å². The second-order valence-corrected chi connectivity index (χ2v) is 2.63. The summed E-state index contributed by atoms with van der Waals surface area (Å²) in [6.07, 6.45) is 0. The second kappa shape index (κ2) is 4.52. The van der Waals surface area contributed by atoms with E-state index in [1.807, 2.05) is 0 Å². The van der Waals surface area contributed by atoms with Crippen molar-refractivity contribution in [1.29, 1.82) is 0 Å². The molecule has 6 heteroatoms. The molecule has 1 aromatic carbocycles. The minimum atomic E-state index is -0.637. The molecule has 0 saturated heterocycles. The van der Waals surface area contributed by atoms with E-state index in [-0.39, 0.29) is 11.4 Å². The number of nitrogens with zero attached hydrogens (tertiary/aromatic N) is 1. The monoisotopic (exact) mass is 199 g/mol. The SMILES string of the molecule is NCCNc1ccc(F)cc1[N+](=O)[O-]. The highest BCUT2D eigenvalue weighted by molar-refractivity contribution is 5.61. The van der Waals surface area contributed by atoms with Gasteiger partial charge in [0.25, 0.3) is 5.69 Å². The van der Waals surface area contributed by atoms with Gasteiger partial charge < -0.3 is 11.1 Å². The Hall–Kier alpha value is -1.69. The summed E-state index contributed by atoms with van der Waals surface area (Å²) in [6, 6.07) is 3.35. The molecule has 0 spiro atoms. The Morgan fingerprint density at radius 1 is 1.57 bits per heavy atom. The lowest BCUT2D eigenvalue weighted by Gasteiger charge is -2.04. The Labute approximate surface area is 79.9 Å². The van der Waals surface area contributed by atoms with Crippen molar-refractivity contribution in [1.82, 2.24) is 0 Å². The van der Waals surface area contributed by atoms with Gasteiger partial charge in [0.1, 0.15) is 11.5 Å². The summed E-state index contributed by atoms with van der Waals surface area (Å²) >= 11 is 0. The van der Waals surface area contributed by atoms with Gasteiger partial charge in [0.2, 0.25) is 0 Å². The van der Waals surface area contributed by atoms with Crippen LogP contribution in [0.15, 0.2) is 18.2 Å². The number of nitrogens with one attached hydrogen (secondary N) is 1. The van der Waals surface area contributed by atoms with Gasteiger partial charge in [-0.1, -0.05) is 0 Å². The predicted molar refractivity (Wildman–Crippen MR) is 50.6 cm³/mol. The van der Waals surface area contributed by atoms with E-state index in [9.17, 15) is 14.5 Å². The van der Waals surface area contributed by atoms with Crippen LogP contribution in [0.2, 0.25) is 0 Å². The fourth-order valence-corrected chi connectivity index (χ4v) is 1.01. The highest BCUT2D eigenvalue weighted by Crippen LogP contribution is 2.24. The smallest absolute Gasteiger partial charge is 0.295 e. The number of nitrogens with two attached hydrogens (primary N) is 1. The molecule has 0 aliphatic heterocycles. The van der Waals surface area contributed by atoms with Crippen LogP contribution in [0.1, 0.15) is 0 Å². The Bertz CT molecular complexity index is 343. The maximum Gasteiger partial charge on any atom is 0.295 e. The van der Waals surface area contributed by atoms with E-state index in [0.717, 1.165) is 12.1 Å². The molecule has 0 atom stereocenters. The Balaban J connectivity index is 2.96. The van der Waals surface area contributed by atoms with E-state index >= 15 is 0 Å². The largest absolute Gasteiger partial charge is 0.378 e. The summed E-state index contributed by atoms with van der Waals surface area (Å²) < 4.78 is 12.7. The van der Waals surface area contributed by atoms with Gasteiger partial charge in [-0.2, -0.15) is 0 Å². The normalized spacial score (nSPS) is 9.86. The Kier molecular flexibility index (Phi) is 3.35. The topological polar surface area (TPSA) is 81.2 Å². The van der Waals surface area contributed by atoms with Crippen molar-refractivity contribution in [3.63, 3.8) is 0 Å². The minimum absolute atomic E-state index is 0.279. The fraction of sp³-hybridized carbons (Fsp3) is 0.250. The van der Waals surface area contributed by atoms with Gasteiger partial charge in [-0.05, 0) is 12.1 Å². The average molecular weight is 199 g/mol. The molecule has 0 unspecified atom stereocenters. The van der Waals surface area contributed by atoms with Crippen LogP contribution in [0.4, 0.5) is 15.8 Å². The molecule has 0 amide bonds. The molecule has 0 saturated carbocycles. The lowest BCUT2D eigenvalue weighted by Crippen LogP contribution is -2.14. The molecule has 1 aromatic rings.